The third-order valence-corrected chi connectivity index (χ3v) is 6.60. The Hall–Kier alpha value is -4.39. The number of fused-ring (bicyclic) bond motifs is 1. The first-order valence-electron chi connectivity index (χ1n) is 13.3. The number of amides is 1. The van der Waals surface area contributed by atoms with Gasteiger partial charge in [0.15, 0.2) is 0 Å². The van der Waals surface area contributed by atoms with Gasteiger partial charge in [-0.15, -0.1) is 0 Å². The highest BCUT2D eigenvalue weighted by atomic mass is 35.5. The summed E-state index contributed by atoms with van der Waals surface area (Å²) in [6, 6.07) is 15.0. The van der Waals surface area contributed by atoms with Gasteiger partial charge < -0.3 is 25.0 Å². The summed E-state index contributed by atoms with van der Waals surface area (Å²) in [5.74, 6) is 1.15. The number of halogens is 1. The molecule has 41 heavy (non-hydrogen) atoms. The number of aromatic nitrogens is 2. The van der Waals surface area contributed by atoms with Gasteiger partial charge in [0.05, 0.1) is 40.3 Å². The predicted octanol–water partition coefficient (Wildman–Crippen LogP) is 6.46. The lowest BCUT2D eigenvalue weighted by atomic mass is 10.0. The Kier molecular flexibility index (Phi) is 9.95. The van der Waals surface area contributed by atoms with Crippen molar-refractivity contribution in [2.75, 3.05) is 37.9 Å². The van der Waals surface area contributed by atoms with E-state index in [0.29, 0.717) is 63.1 Å². The van der Waals surface area contributed by atoms with Crippen LogP contribution in [0.1, 0.15) is 36.6 Å². The smallest absolute Gasteiger partial charge is 0.224 e. The number of carbonyl (C=O) groups is 1. The molecule has 0 bridgehead atoms. The molecule has 2 aromatic heterocycles. The highest BCUT2D eigenvalue weighted by Gasteiger charge is 2.14. The molecule has 0 aliphatic heterocycles. The molecule has 9 nitrogen and oxygen atoms in total. The minimum atomic E-state index is -0.0592. The van der Waals surface area contributed by atoms with Crippen molar-refractivity contribution in [3.63, 3.8) is 0 Å². The molecule has 1 amide bonds. The van der Waals surface area contributed by atoms with Gasteiger partial charge in [-0.05, 0) is 88.9 Å². The standard InChI is InChI=1S/C31H33ClN6O3/c1-5-40-24-10-8-23(34-18-24)19-41-29-11-9-22(14-26(29)32)36-31-21(16-33)17-35-28-13-20(2)27(15-25(28)31)37-30(39)7-6-12-38(3)4/h8-11,13-15,17-18H,5-7,12,19H2,1-4H3,(H,35,36)(H,37,39). The number of ether oxygens (including phenoxy) is 2. The van der Waals surface area contributed by atoms with Crippen molar-refractivity contribution in [2.24, 2.45) is 0 Å². The van der Waals surface area contributed by atoms with Crippen LogP contribution in [0, 0.1) is 18.3 Å². The van der Waals surface area contributed by atoms with Gasteiger partial charge in [0.2, 0.25) is 5.91 Å². The molecule has 0 unspecified atom stereocenters. The van der Waals surface area contributed by atoms with E-state index in [1.807, 2.05) is 63.2 Å². The highest BCUT2D eigenvalue weighted by Crippen LogP contribution is 2.35. The van der Waals surface area contributed by atoms with Gasteiger partial charge in [-0.2, -0.15) is 5.26 Å². The average Bonchev–Trinajstić information content (AvgIpc) is 2.94. The number of aryl methyl sites for hydroxylation is 1. The number of anilines is 3. The van der Waals surface area contributed by atoms with Crippen molar-refractivity contribution in [3.8, 4) is 17.6 Å². The average molecular weight is 573 g/mol. The summed E-state index contributed by atoms with van der Waals surface area (Å²) in [6.07, 6.45) is 4.37. The molecule has 0 aliphatic rings. The van der Waals surface area contributed by atoms with Crippen LogP contribution in [0.4, 0.5) is 17.1 Å². The summed E-state index contributed by atoms with van der Waals surface area (Å²) in [4.78, 5) is 23.4. The van der Waals surface area contributed by atoms with Crippen molar-refractivity contribution in [1.29, 1.82) is 5.26 Å². The van der Waals surface area contributed by atoms with Crippen LogP contribution in [0.5, 0.6) is 11.5 Å². The van der Waals surface area contributed by atoms with E-state index < -0.39 is 0 Å². The SMILES string of the molecule is CCOc1ccc(COc2ccc(Nc3c(C#N)cnc4cc(C)c(NC(=O)CCCN(C)C)cc34)cc2Cl)nc1. The first-order valence-corrected chi connectivity index (χ1v) is 13.7. The van der Waals surface area contributed by atoms with Gasteiger partial charge in [-0.1, -0.05) is 11.6 Å². The zero-order valence-corrected chi connectivity index (χ0v) is 24.4. The quantitative estimate of drug-likeness (QED) is 0.199. The summed E-state index contributed by atoms with van der Waals surface area (Å²) < 4.78 is 11.3. The minimum Gasteiger partial charge on any atom is -0.492 e. The summed E-state index contributed by atoms with van der Waals surface area (Å²) >= 11 is 6.55. The highest BCUT2D eigenvalue weighted by molar-refractivity contribution is 6.32. The molecule has 0 spiro atoms. The van der Waals surface area contributed by atoms with Crippen LogP contribution in [0.2, 0.25) is 5.02 Å². The van der Waals surface area contributed by atoms with Crippen LogP contribution < -0.4 is 20.1 Å². The van der Waals surface area contributed by atoms with E-state index in [1.165, 1.54) is 6.20 Å². The lowest BCUT2D eigenvalue weighted by Gasteiger charge is -2.16. The second-order valence-corrected chi connectivity index (χ2v) is 10.2. The molecular formula is C31H33ClN6O3. The molecule has 0 aliphatic carbocycles. The van der Waals surface area contributed by atoms with Gasteiger partial charge >= 0.3 is 0 Å². The molecule has 0 saturated heterocycles. The normalized spacial score (nSPS) is 10.9. The van der Waals surface area contributed by atoms with E-state index in [1.54, 1.807) is 18.3 Å². The van der Waals surface area contributed by atoms with E-state index in [0.717, 1.165) is 24.2 Å². The summed E-state index contributed by atoms with van der Waals surface area (Å²) in [5, 5.41) is 17.3. The van der Waals surface area contributed by atoms with Gasteiger partial charge in [-0.25, -0.2) is 0 Å². The predicted molar refractivity (Wildman–Crippen MR) is 162 cm³/mol. The molecule has 2 aromatic carbocycles. The van der Waals surface area contributed by atoms with E-state index >= 15 is 0 Å². The molecule has 10 heteroatoms. The Balaban J connectivity index is 1.53. The number of hydrogen-bond donors (Lipinski definition) is 2. The van der Waals surface area contributed by atoms with Gasteiger partial charge in [0.1, 0.15) is 24.2 Å². The zero-order chi connectivity index (χ0) is 29.4. The van der Waals surface area contributed by atoms with Crippen molar-refractivity contribution in [2.45, 2.75) is 33.3 Å². The Morgan fingerprint density at radius 1 is 1.10 bits per heavy atom. The molecule has 212 valence electrons. The van der Waals surface area contributed by atoms with Gasteiger partial charge in [0, 0.05) is 29.4 Å². The Bertz CT molecular complexity index is 1570. The number of hydrogen-bond acceptors (Lipinski definition) is 8. The van der Waals surface area contributed by atoms with Crippen LogP contribution in [0.3, 0.4) is 0 Å². The Morgan fingerprint density at radius 3 is 2.61 bits per heavy atom. The Morgan fingerprint density at radius 2 is 1.93 bits per heavy atom. The number of carbonyl (C=O) groups excluding carboxylic acids is 1. The fourth-order valence-corrected chi connectivity index (χ4v) is 4.44. The largest absolute Gasteiger partial charge is 0.492 e. The second-order valence-electron chi connectivity index (χ2n) is 9.78. The maximum absolute atomic E-state index is 12.6. The van der Waals surface area contributed by atoms with E-state index in [-0.39, 0.29) is 12.5 Å². The first kappa shape index (κ1) is 29.6. The van der Waals surface area contributed by atoms with Crippen molar-refractivity contribution < 1.29 is 14.3 Å². The third-order valence-electron chi connectivity index (χ3n) is 6.30. The molecule has 4 aromatic rings. The minimum absolute atomic E-state index is 0.0592. The van der Waals surface area contributed by atoms with Crippen molar-refractivity contribution in [1.82, 2.24) is 14.9 Å². The summed E-state index contributed by atoms with van der Waals surface area (Å²) in [6.45, 7) is 5.49. The van der Waals surface area contributed by atoms with Gasteiger partial charge in [-0.3, -0.25) is 14.8 Å². The fourth-order valence-electron chi connectivity index (χ4n) is 4.21. The summed E-state index contributed by atoms with van der Waals surface area (Å²) in [7, 11) is 3.96. The zero-order valence-electron chi connectivity index (χ0n) is 23.6. The molecule has 0 radical (unpaired) electrons. The summed E-state index contributed by atoms with van der Waals surface area (Å²) in [5.41, 5.74) is 4.60. The molecule has 2 heterocycles. The molecule has 0 fully saturated rings. The fraction of sp³-hybridized carbons (Fsp3) is 0.290. The first-order chi connectivity index (χ1) is 19.8. The van der Waals surface area contributed by atoms with Crippen LogP contribution in [-0.4, -0.2) is 48.0 Å². The van der Waals surface area contributed by atoms with E-state index in [4.69, 9.17) is 21.1 Å². The number of nitrogens with zero attached hydrogens (tertiary/aromatic N) is 4. The number of nitriles is 1. The Labute approximate surface area is 245 Å². The number of benzene rings is 2. The van der Waals surface area contributed by atoms with E-state index in [2.05, 4.69) is 26.7 Å². The number of rotatable bonds is 12. The number of nitrogens with one attached hydrogen (secondary N) is 2. The maximum Gasteiger partial charge on any atom is 0.224 e. The van der Waals surface area contributed by atoms with Crippen LogP contribution in [-0.2, 0) is 11.4 Å². The lowest BCUT2D eigenvalue weighted by Crippen LogP contribution is -2.17. The lowest BCUT2D eigenvalue weighted by molar-refractivity contribution is -0.116. The van der Waals surface area contributed by atoms with E-state index in [9.17, 15) is 10.1 Å². The molecule has 0 atom stereocenters. The van der Waals surface area contributed by atoms with Gasteiger partial charge in [0.25, 0.3) is 0 Å². The molecule has 0 saturated carbocycles. The number of pyridine rings is 2. The van der Waals surface area contributed by atoms with Crippen LogP contribution in [0.25, 0.3) is 10.9 Å². The van der Waals surface area contributed by atoms with Crippen LogP contribution >= 0.6 is 11.6 Å². The third kappa shape index (κ3) is 7.84. The van der Waals surface area contributed by atoms with Crippen molar-refractivity contribution in [3.05, 3.63) is 76.7 Å². The molecule has 2 N–H and O–H groups in total. The van der Waals surface area contributed by atoms with Crippen LogP contribution in [0.15, 0.2) is 54.9 Å². The monoisotopic (exact) mass is 572 g/mol. The molecular weight excluding hydrogens is 540 g/mol. The second kappa shape index (κ2) is 13.8. The topological polar surface area (TPSA) is 112 Å². The van der Waals surface area contributed by atoms with Crippen molar-refractivity contribution >= 4 is 45.5 Å². The maximum atomic E-state index is 12.6. The molecule has 4 rings (SSSR count).